The Morgan fingerprint density at radius 3 is 2.33 bits per heavy atom. The van der Waals surface area contributed by atoms with Gasteiger partial charge in [-0.05, 0) is 25.0 Å². The number of nitrogens with one attached hydrogen (secondary N) is 2. The van der Waals surface area contributed by atoms with Crippen molar-refractivity contribution in [1.29, 1.82) is 0 Å². The number of hydrogen-bond donors (Lipinski definition) is 2. The monoisotopic (exact) mass is 343 g/mol. The van der Waals surface area contributed by atoms with Crippen LogP contribution in [0.1, 0.15) is 23.2 Å². The van der Waals surface area contributed by atoms with E-state index in [1.807, 2.05) is 11.4 Å². The summed E-state index contributed by atoms with van der Waals surface area (Å²) >= 11 is 0. The number of carbonyl (C=O) groups is 2. The molecule has 1 fully saturated rings. The number of halogens is 3. The van der Waals surface area contributed by atoms with Gasteiger partial charge in [0.1, 0.15) is 6.54 Å². The van der Waals surface area contributed by atoms with Crippen molar-refractivity contribution in [3.05, 3.63) is 35.9 Å². The second-order valence-corrected chi connectivity index (χ2v) is 5.78. The van der Waals surface area contributed by atoms with E-state index in [1.54, 1.807) is 29.2 Å². The minimum absolute atomic E-state index is 0.00666. The predicted molar refractivity (Wildman–Crippen MR) is 82.4 cm³/mol. The van der Waals surface area contributed by atoms with E-state index in [0.29, 0.717) is 31.5 Å². The highest BCUT2D eigenvalue weighted by atomic mass is 19.4. The van der Waals surface area contributed by atoms with Crippen LogP contribution in [0.15, 0.2) is 30.3 Å². The van der Waals surface area contributed by atoms with Gasteiger partial charge in [0.2, 0.25) is 5.91 Å². The van der Waals surface area contributed by atoms with E-state index in [1.165, 1.54) is 0 Å². The molecule has 0 atom stereocenters. The van der Waals surface area contributed by atoms with Gasteiger partial charge in [0.05, 0.1) is 6.54 Å². The fourth-order valence-electron chi connectivity index (χ4n) is 2.55. The van der Waals surface area contributed by atoms with Gasteiger partial charge >= 0.3 is 6.18 Å². The quantitative estimate of drug-likeness (QED) is 0.853. The highest BCUT2D eigenvalue weighted by molar-refractivity contribution is 5.94. The average Bonchev–Trinajstić information content (AvgIpc) is 2.55. The van der Waals surface area contributed by atoms with Crippen LogP contribution in [-0.2, 0) is 4.79 Å². The molecular formula is C16H20F3N3O2. The van der Waals surface area contributed by atoms with E-state index < -0.39 is 18.6 Å². The molecule has 1 aromatic rings. The number of likely N-dealkylation sites (tertiary alicyclic amines) is 1. The number of benzene rings is 1. The highest BCUT2D eigenvalue weighted by Gasteiger charge is 2.28. The molecule has 1 saturated heterocycles. The third-order valence-electron chi connectivity index (χ3n) is 3.81. The summed E-state index contributed by atoms with van der Waals surface area (Å²) in [5, 5.41) is 4.80. The topological polar surface area (TPSA) is 61.4 Å². The Bertz CT molecular complexity index is 555. The molecule has 1 heterocycles. The van der Waals surface area contributed by atoms with Crippen LogP contribution in [0, 0.1) is 0 Å². The summed E-state index contributed by atoms with van der Waals surface area (Å²) in [6.45, 7) is -0.261. The van der Waals surface area contributed by atoms with Crippen LogP contribution in [0.2, 0.25) is 0 Å². The van der Waals surface area contributed by atoms with Crippen LogP contribution in [0.4, 0.5) is 13.2 Å². The van der Waals surface area contributed by atoms with Crippen molar-refractivity contribution in [3.63, 3.8) is 0 Å². The Kier molecular flexibility index (Phi) is 6.19. The third-order valence-corrected chi connectivity index (χ3v) is 3.81. The van der Waals surface area contributed by atoms with E-state index in [0.717, 1.165) is 0 Å². The SMILES string of the molecule is O=C(CN1CCC(NC(=O)c2ccccc2)CC1)NCC(F)(F)F. The minimum atomic E-state index is -4.40. The van der Waals surface area contributed by atoms with Crippen molar-refractivity contribution in [2.75, 3.05) is 26.2 Å². The molecule has 2 rings (SSSR count). The van der Waals surface area contributed by atoms with Gasteiger partial charge in [0, 0.05) is 24.7 Å². The molecule has 0 saturated carbocycles. The number of amides is 2. The van der Waals surface area contributed by atoms with Crippen molar-refractivity contribution < 1.29 is 22.8 Å². The zero-order valence-corrected chi connectivity index (χ0v) is 13.1. The van der Waals surface area contributed by atoms with E-state index in [2.05, 4.69) is 5.32 Å². The van der Waals surface area contributed by atoms with Gasteiger partial charge in [-0.25, -0.2) is 0 Å². The molecule has 0 spiro atoms. The Morgan fingerprint density at radius 2 is 1.75 bits per heavy atom. The normalized spacial score (nSPS) is 16.6. The summed E-state index contributed by atoms with van der Waals surface area (Å²) < 4.78 is 36.1. The van der Waals surface area contributed by atoms with Crippen molar-refractivity contribution >= 4 is 11.8 Å². The van der Waals surface area contributed by atoms with Gasteiger partial charge in [0.25, 0.3) is 5.91 Å². The van der Waals surface area contributed by atoms with E-state index in [9.17, 15) is 22.8 Å². The van der Waals surface area contributed by atoms with Gasteiger partial charge in [-0.15, -0.1) is 0 Å². The van der Waals surface area contributed by atoms with Crippen LogP contribution in [-0.4, -0.2) is 55.1 Å². The average molecular weight is 343 g/mol. The third kappa shape index (κ3) is 6.19. The standard InChI is InChI=1S/C16H20F3N3O2/c17-16(18,19)11-20-14(23)10-22-8-6-13(7-9-22)21-15(24)12-4-2-1-3-5-12/h1-5,13H,6-11H2,(H,20,23)(H,21,24). The molecule has 0 aliphatic carbocycles. The van der Waals surface area contributed by atoms with Gasteiger partial charge in [-0.3, -0.25) is 14.5 Å². The predicted octanol–water partition coefficient (Wildman–Crippen LogP) is 1.56. The summed E-state index contributed by atoms with van der Waals surface area (Å²) in [7, 11) is 0. The molecule has 2 amide bonds. The number of rotatable bonds is 5. The summed E-state index contributed by atoms with van der Waals surface area (Å²) in [4.78, 5) is 25.3. The highest BCUT2D eigenvalue weighted by Crippen LogP contribution is 2.13. The molecule has 1 aromatic carbocycles. The zero-order valence-electron chi connectivity index (χ0n) is 13.1. The van der Waals surface area contributed by atoms with E-state index in [-0.39, 0.29) is 18.5 Å². The van der Waals surface area contributed by atoms with Crippen molar-refractivity contribution in [3.8, 4) is 0 Å². The maximum atomic E-state index is 12.1. The first kappa shape index (κ1) is 18.3. The van der Waals surface area contributed by atoms with Crippen LogP contribution in [0.25, 0.3) is 0 Å². The van der Waals surface area contributed by atoms with Gasteiger partial charge in [-0.1, -0.05) is 18.2 Å². The summed E-state index contributed by atoms with van der Waals surface area (Å²) in [6, 6.07) is 8.88. The van der Waals surface area contributed by atoms with Crippen LogP contribution >= 0.6 is 0 Å². The van der Waals surface area contributed by atoms with Crippen molar-refractivity contribution in [1.82, 2.24) is 15.5 Å². The molecule has 0 unspecified atom stereocenters. The molecule has 0 bridgehead atoms. The Balaban J connectivity index is 1.70. The second kappa shape index (κ2) is 8.14. The summed E-state index contributed by atoms with van der Waals surface area (Å²) in [5.41, 5.74) is 0.589. The lowest BCUT2D eigenvalue weighted by Gasteiger charge is -2.31. The fraction of sp³-hybridized carbons (Fsp3) is 0.500. The lowest BCUT2D eigenvalue weighted by atomic mass is 10.0. The van der Waals surface area contributed by atoms with Gasteiger partial charge < -0.3 is 10.6 Å². The molecular weight excluding hydrogens is 323 g/mol. The minimum Gasteiger partial charge on any atom is -0.349 e. The molecule has 5 nitrogen and oxygen atoms in total. The van der Waals surface area contributed by atoms with Crippen molar-refractivity contribution in [2.24, 2.45) is 0 Å². The number of hydrogen-bond acceptors (Lipinski definition) is 3. The first-order valence-corrected chi connectivity index (χ1v) is 7.75. The molecule has 1 aliphatic heterocycles. The van der Waals surface area contributed by atoms with E-state index in [4.69, 9.17) is 0 Å². The summed E-state index contributed by atoms with van der Waals surface area (Å²) in [6.07, 6.45) is -3.08. The maximum absolute atomic E-state index is 12.1. The van der Waals surface area contributed by atoms with Crippen LogP contribution in [0.3, 0.4) is 0 Å². The molecule has 0 radical (unpaired) electrons. The Morgan fingerprint density at radius 1 is 1.12 bits per heavy atom. The smallest absolute Gasteiger partial charge is 0.349 e. The number of nitrogens with zero attached hydrogens (tertiary/aromatic N) is 1. The van der Waals surface area contributed by atoms with Gasteiger partial charge in [0.15, 0.2) is 0 Å². The summed E-state index contributed by atoms with van der Waals surface area (Å²) in [5.74, 6) is -0.781. The second-order valence-electron chi connectivity index (χ2n) is 5.78. The lowest BCUT2D eigenvalue weighted by Crippen LogP contribution is -2.48. The first-order valence-electron chi connectivity index (χ1n) is 7.75. The number of carbonyl (C=O) groups excluding carboxylic acids is 2. The Labute approximate surface area is 138 Å². The zero-order chi connectivity index (χ0) is 17.6. The maximum Gasteiger partial charge on any atom is 0.405 e. The molecule has 24 heavy (non-hydrogen) atoms. The van der Waals surface area contributed by atoms with Crippen LogP contribution < -0.4 is 10.6 Å². The molecule has 1 aliphatic rings. The number of alkyl halides is 3. The molecule has 8 heteroatoms. The van der Waals surface area contributed by atoms with Crippen LogP contribution in [0.5, 0.6) is 0 Å². The first-order chi connectivity index (χ1) is 11.3. The fourth-order valence-corrected chi connectivity index (χ4v) is 2.55. The van der Waals surface area contributed by atoms with Crippen molar-refractivity contribution in [2.45, 2.75) is 25.1 Å². The largest absolute Gasteiger partial charge is 0.405 e. The Hall–Kier alpha value is -2.09. The lowest BCUT2D eigenvalue weighted by molar-refractivity contribution is -0.139. The molecule has 2 N–H and O–H groups in total. The van der Waals surface area contributed by atoms with E-state index >= 15 is 0 Å². The molecule has 0 aromatic heterocycles. The van der Waals surface area contributed by atoms with Gasteiger partial charge in [-0.2, -0.15) is 13.2 Å². The molecule has 132 valence electrons. The number of piperidine rings is 1.